The second-order valence-electron chi connectivity index (χ2n) is 4.44. The van der Waals surface area contributed by atoms with Gasteiger partial charge in [-0.15, -0.1) is 0 Å². The third kappa shape index (κ3) is 6.03. The molecular formula is C15H25Cl2NO. The summed E-state index contributed by atoms with van der Waals surface area (Å²) in [7, 11) is 0. The lowest BCUT2D eigenvalue weighted by Gasteiger charge is -2.30. The summed E-state index contributed by atoms with van der Waals surface area (Å²) in [6, 6.07) is 0. The van der Waals surface area contributed by atoms with Crippen LogP contribution < -0.4 is 0 Å². The van der Waals surface area contributed by atoms with Crippen LogP contribution in [0.5, 0.6) is 0 Å². The van der Waals surface area contributed by atoms with Gasteiger partial charge in [0.25, 0.3) is 0 Å². The molecule has 0 spiro atoms. The van der Waals surface area contributed by atoms with Crippen LogP contribution in [0.4, 0.5) is 0 Å². The third-order valence-corrected chi connectivity index (χ3v) is 3.74. The molecule has 0 aliphatic heterocycles. The average Bonchev–Trinajstić information content (AvgIpc) is 2.43. The summed E-state index contributed by atoms with van der Waals surface area (Å²) in [5, 5.41) is 10.5. The first-order valence-electron chi connectivity index (χ1n) is 6.75. The Morgan fingerprint density at radius 1 is 1.37 bits per heavy atom. The molecule has 0 rings (SSSR count). The van der Waals surface area contributed by atoms with Crippen molar-refractivity contribution in [3.8, 4) is 0 Å². The van der Waals surface area contributed by atoms with E-state index in [1.54, 1.807) is 6.08 Å². The van der Waals surface area contributed by atoms with Gasteiger partial charge in [0, 0.05) is 19.7 Å². The average molecular weight is 306 g/mol. The molecule has 0 bridgehead atoms. The topological polar surface area (TPSA) is 23.5 Å². The molecule has 0 aliphatic carbocycles. The van der Waals surface area contributed by atoms with E-state index in [9.17, 15) is 5.11 Å². The van der Waals surface area contributed by atoms with Gasteiger partial charge in [0.15, 0.2) is 0 Å². The molecule has 0 aliphatic rings. The van der Waals surface area contributed by atoms with Crippen LogP contribution in [-0.2, 0) is 0 Å². The standard InChI is InChI=1S/C15H25Cl2NO/c1-5-9-18(10-12(6-2)11-19)15(13(16)7-3)14(17)8-4/h7-8,12,19H,3,5-6,9-11H2,1-2,4H3/b14-8+,15-13-. The number of aliphatic hydroxyl groups is 1. The molecule has 1 N–H and O–H groups in total. The molecular weight excluding hydrogens is 281 g/mol. The van der Waals surface area contributed by atoms with Crippen LogP contribution in [0.2, 0.25) is 0 Å². The van der Waals surface area contributed by atoms with Gasteiger partial charge < -0.3 is 10.0 Å². The van der Waals surface area contributed by atoms with Gasteiger partial charge in [-0.2, -0.15) is 0 Å². The minimum atomic E-state index is 0.170. The maximum Gasteiger partial charge on any atom is 0.0741 e. The summed E-state index contributed by atoms with van der Waals surface area (Å²) < 4.78 is 0. The Labute approximate surface area is 127 Å². The number of rotatable bonds is 9. The van der Waals surface area contributed by atoms with Crippen molar-refractivity contribution < 1.29 is 5.11 Å². The fourth-order valence-electron chi connectivity index (χ4n) is 1.84. The summed E-state index contributed by atoms with van der Waals surface area (Å²) >= 11 is 12.5. The van der Waals surface area contributed by atoms with Crippen LogP contribution in [0.15, 0.2) is 34.5 Å². The summed E-state index contributed by atoms with van der Waals surface area (Å²) in [6.07, 6.45) is 5.33. The van der Waals surface area contributed by atoms with Crippen LogP contribution in [0.1, 0.15) is 33.6 Å². The Morgan fingerprint density at radius 3 is 2.37 bits per heavy atom. The number of allylic oxidation sites excluding steroid dienone is 4. The first-order chi connectivity index (χ1) is 9.05. The van der Waals surface area contributed by atoms with Gasteiger partial charge in [-0.25, -0.2) is 0 Å². The molecule has 0 saturated carbocycles. The zero-order valence-corrected chi connectivity index (χ0v) is 13.6. The van der Waals surface area contributed by atoms with Crippen LogP contribution in [0.25, 0.3) is 0 Å². The molecule has 0 aromatic rings. The predicted molar refractivity (Wildman–Crippen MR) is 85.4 cm³/mol. The highest BCUT2D eigenvalue weighted by atomic mass is 35.5. The summed E-state index contributed by atoms with van der Waals surface area (Å²) in [5.41, 5.74) is 0.801. The highest BCUT2D eigenvalue weighted by molar-refractivity contribution is 6.36. The number of aliphatic hydroxyl groups excluding tert-OH is 1. The minimum Gasteiger partial charge on any atom is -0.396 e. The van der Waals surface area contributed by atoms with Crippen molar-refractivity contribution in [2.45, 2.75) is 33.6 Å². The predicted octanol–water partition coefficient (Wildman–Crippen LogP) is 4.50. The van der Waals surface area contributed by atoms with Gasteiger partial charge in [0.1, 0.15) is 0 Å². The van der Waals surface area contributed by atoms with Crippen molar-refractivity contribution in [1.29, 1.82) is 0 Å². The van der Waals surface area contributed by atoms with E-state index in [1.165, 1.54) is 0 Å². The Morgan fingerprint density at radius 2 is 2.00 bits per heavy atom. The van der Waals surface area contributed by atoms with Gasteiger partial charge in [0.2, 0.25) is 0 Å². The van der Waals surface area contributed by atoms with Crippen molar-refractivity contribution in [1.82, 2.24) is 4.90 Å². The normalized spacial score (nSPS) is 14.9. The molecule has 19 heavy (non-hydrogen) atoms. The van der Waals surface area contributed by atoms with E-state index in [4.69, 9.17) is 23.2 Å². The van der Waals surface area contributed by atoms with Gasteiger partial charge in [0.05, 0.1) is 15.8 Å². The van der Waals surface area contributed by atoms with Crippen molar-refractivity contribution in [3.05, 3.63) is 34.5 Å². The lowest BCUT2D eigenvalue weighted by molar-refractivity contribution is 0.181. The molecule has 0 heterocycles. The van der Waals surface area contributed by atoms with E-state index >= 15 is 0 Å². The van der Waals surface area contributed by atoms with Gasteiger partial charge in [-0.05, 0) is 31.8 Å². The summed E-state index contributed by atoms with van der Waals surface area (Å²) in [6.45, 7) is 11.5. The summed E-state index contributed by atoms with van der Waals surface area (Å²) in [5.74, 6) is 0.220. The highest BCUT2D eigenvalue weighted by Gasteiger charge is 2.18. The minimum absolute atomic E-state index is 0.170. The molecule has 0 saturated heterocycles. The van der Waals surface area contributed by atoms with Crippen molar-refractivity contribution >= 4 is 23.2 Å². The van der Waals surface area contributed by atoms with E-state index in [0.29, 0.717) is 10.1 Å². The fraction of sp³-hybridized carbons (Fsp3) is 0.600. The highest BCUT2D eigenvalue weighted by Crippen LogP contribution is 2.27. The number of hydrogen-bond acceptors (Lipinski definition) is 2. The molecule has 0 amide bonds. The molecule has 2 nitrogen and oxygen atoms in total. The Kier molecular flexibility index (Phi) is 10.1. The Balaban J connectivity index is 5.35. The number of nitrogens with zero attached hydrogens (tertiary/aromatic N) is 1. The zero-order chi connectivity index (χ0) is 14.8. The Bertz CT molecular complexity index is 333. The van der Waals surface area contributed by atoms with E-state index in [0.717, 1.165) is 31.6 Å². The molecule has 110 valence electrons. The summed E-state index contributed by atoms with van der Waals surface area (Å²) in [4.78, 5) is 2.14. The quantitative estimate of drug-likeness (QED) is 0.634. The molecule has 0 aromatic carbocycles. The smallest absolute Gasteiger partial charge is 0.0741 e. The van der Waals surface area contributed by atoms with Crippen LogP contribution in [0, 0.1) is 5.92 Å². The SMILES string of the molecule is C=C/C(Cl)=C(\C(Cl)=C/C)N(CCC)CC(CC)CO. The lowest BCUT2D eigenvalue weighted by Crippen LogP contribution is -2.32. The molecule has 0 fully saturated rings. The third-order valence-electron chi connectivity index (χ3n) is 3.01. The van der Waals surface area contributed by atoms with E-state index in [1.807, 2.05) is 13.0 Å². The first-order valence-corrected chi connectivity index (χ1v) is 7.51. The van der Waals surface area contributed by atoms with Gasteiger partial charge in [-0.3, -0.25) is 0 Å². The van der Waals surface area contributed by atoms with Crippen molar-refractivity contribution in [3.63, 3.8) is 0 Å². The van der Waals surface area contributed by atoms with Crippen LogP contribution in [-0.4, -0.2) is 29.7 Å². The molecule has 1 unspecified atom stereocenters. The first kappa shape index (κ1) is 18.6. The maximum atomic E-state index is 9.37. The molecule has 1 atom stereocenters. The zero-order valence-electron chi connectivity index (χ0n) is 12.1. The second-order valence-corrected chi connectivity index (χ2v) is 5.25. The van der Waals surface area contributed by atoms with E-state index < -0.39 is 0 Å². The lowest BCUT2D eigenvalue weighted by atomic mass is 10.1. The van der Waals surface area contributed by atoms with E-state index in [2.05, 4.69) is 25.3 Å². The fourth-order valence-corrected chi connectivity index (χ4v) is 2.33. The van der Waals surface area contributed by atoms with Crippen LogP contribution >= 0.6 is 23.2 Å². The number of halogens is 2. The number of hydrogen-bond donors (Lipinski definition) is 1. The largest absolute Gasteiger partial charge is 0.396 e. The van der Waals surface area contributed by atoms with Gasteiger partial charge in [-0.1, -0.05) is 49.7 Å². The maximum absolute atomic E-state index is 9.37. The second kappa shape index (κ2) is 10.4. The molecule has 0 radical (unpaired) electrons. The van der Waals surface area contributed by atoms with Crippen LogP contribution in [0.3, 0.4) is 0 Å². The van der Waals surface area contributed by atoms with Crippen molar-refractivity contribution in [2.75, 3.05) is 19.7 Å². The van der Waals surface area contributed by atoms with Gasteiger partial charge >= 0.3 is 0 Å². The molecule has 4 heteroatoms. The Hall–Kier alpha value is -0.440. The molecule has 0 aromatic heterocycles. The van der Waals surface area contributed by atoms with E-state index in [-0.39, 0.29) is 12.5 Å². The van der Waals surface area contributed by atoms with Crippen molar-refractivity contribution in [2.24, 2.45) is 5.92 Å². The monoisotopic (exact) mass is 305 g/mol.